The molecule has 0 fully saturated rings. The summed E-state index contributed by atoms with van der Waals surface area (Å²) in [5, 5.41) is 19.1. The Bertz CT molecular complexity index is 436. The van der Waals surface area contributed by atoms with Crippen LogP contribution in [0.25, 0.3) is 0 Å². The minimum Gasteiger partial charge on any atom is -0.481 e. The van der Waals surface area contributed by atoms with Gasteiger partial charge in [0, 0.05) is 12.1 Å². The van der Waals surface area contributed by atoms with Crippen molar-refractivity contribution in [2.75, 3.05) is 0 Å². The van der Waals surface area contributed by atoms with Crippen LogP contribution in [-0.4, -0.2) is 16.0 Å². The average Bonchev–Trinajstić information content (AvgIpc) is 2.16. The van der Waals surface area contributed by atoms with Crippen molar-refractivity contribution in [2.45, 2.75) is 12.5 Å². The van der Waals surface area contributed by atoms with Gasteiger partial charge in [-0.05, 0) is 11.6 Å². The fourth-order valence-electron chi connectivity index (χ4n) is 1.21. The molecule has 0 saturated carbocycles. The largest absolute Gasteiger partial charge is 0.481 e. The number of carboxylic acid groups (broad SMARTS) is 1. The number of carbonyl (C=O) groups is 1. The van der Waals surface area contributed by atoms with Crippen LogP contribution in [-0.2, 0) is 4.79 Å². The van der Waals surface area contributed by atoms with Crippen LogP contribution < -0.4 is 5.73 Å². The molecule has 1 aromatic carbocycles. The number of benzene rings is 1. The van der Waals surface area contributed by atoms with Crippen LogP contribution in [0.3, 0.4) is 0 Å². The summed E-state index contributed by atoms with van der Waals surface area (Å²) in [6.45, 7) is 0. The van der Waals surface area contributed by atoms with Gasteiger partial charge in [-0.1, -0.05) is 17.7 Å². The molecule has 16 heavy (non-hydrogen) atoms. The third-order valence-corrected chi connectivity index (χ3v) is 2.31. The number of carboxylic acids is 1. The number of nitro groups is 1. The van der Waals surface area contributed by atoms with Crippen molar-refractivity contribution < 1.29 is 14.8 Å². The van der Waals surface area contributed by atoms with Crippen LogP contribution >= 0.6 is 11.6 Å². The van der Waals surface area contributed by atoms with E-state index in [1.165, 1.54) is 18.2 Å². The maximum absolute atomic E-state index is 10.6. The second-order valence-electron chi connectivity index (χ2n) is 3.17. The van der Waals surface area contributed by atoms with E-state index < -0.39 is 16.9 Å². The van der Waals surface area contributed by atoms with Gasteiger partial charge >= 0.3 is 5.97 Å². The van der Waals surface area contributed by atoms with Crippen LogP contribution in [0.2, 0.25) is 5.02 Å². The zero-order chi connectivity index (χ0) is 12.3. The number of nitro benzene ring substituents is 1. The summed E-state index contributed by atoms with van der Waals surface area (Å²) in [5.74, 6) is -1.06. The van der Waals surface area contributed by atoms with E-state index in [1.54, 1.807) is 0 Å². The molecule has 86 valence electrons. The van der Waals surface area contributed by atoms with E-state index in [9.17, 15) is 14.9 Å². The highest BCUT2D eigenvalue weighted by Gasteiger charge is 2.17. The summed E-state index contributed by atoms with van der Waals surface area (Å²) < 4.78 is 0. The zero-order valence-corrected chi connectivity index (χ0v) is 8.85. The molecule has 0 saturated heterocycles. The number of hydrogen-bond acceptors (Lipinski definition) is 4. The van der Waals surface area contributed by atoms with Gasteiger partial charge in [-0.15, -0.1) is 0 Å². The van der Waals surface area contributed by atoms with Gasteiger partial charge in [0.1, 0.15) is 5.02 Å². The monoisotopic (exact) mass is 244 g/mol. The van der Waals surface area contributed by atoms with Gasteiger partial charge in [0.2, 0.25) is 0 Å². The molecule has 0 radical (unpaired) electrons. The second kappa shape index (κ2) is 4.91. The second-order valence-corrected chi connectivity index (χ2v) is 3.58. The standard InChI is InChI=1S/C9H9ClN2O4/c10-6-2-1-5(3-8(6)12(15)16)7(11)4-9(13)14/h1-3,7H,4,11H2,(H,13,14). The molecule has 1 atom stereocenters. The van der Waals surface area contributed by atoms with Gasteiger partial charge in [-0.3, -0.25) is 14.9 Å². The lowest BCUT2D eigenvalue weighted by molar-refractivity contribution is -0.384. The van der Waals surface area contributed by atoms with Crippen molar-refractivity contribution in [2.24, 2.45) is 5.73 Å². The molecule has 0 aliphatic rings. The van der Waals surface area contributed by atoms with Gasteiger partial charge in [-0.25, -0.2) is 0 Å². The predicted octanol–water partition coefficient (Wildman–Crippen LogP) is 1.72. The topological polar surface area (TPSA) is 106 Å². The Labute approximate surface area is 95.8 Å². The molecule has 1 unspecified atom stereocenters. The summed E-state index contributed by atoms with van der Waals surface area (Å²) in [6.07, 6.45) is -0.293. The lowest BCUT2D eigenvalue weighted by Crippen LogP contribution is -2.15. The fraction of sp³-hybridized carbons (Fsp3) is 0.222. The summed E-state index contributed by atoms with van der Waals surface area (Å²) in [6, 6.07) is 3.21. The SMILES string of the molecule is NC(CC(=O)O)c1ccc(Cl)c([N+](=O)[O-])c1. The molecule has 0 amide bonds. The van der Waals surface area contributed by atoms with Crippen LogP contribution in [0.5, 0.6) is 0 Å². The lowest BCUT2D eigenvalue weighted by Gasteiger charge is -2.09. The number of hydrogen-bond donors (Lipinski definition) is 2. The Hall–Kier alpha value is -1.66. The number of aliphatic carboxylic acids is 1. The van der Waals surface area contributed by atoms with Gasteiger partial charge in [-0.2, -0.15) is 0 Å². The maximum atomic E-state index is 10.6. The molecule has 0 aliphatic heterocycles. The van der Waals surface area contributed by atoms with E-state index >= 15 is 0 Å². The number of rotatable bonds is 4. The van der Waals surface area contributed by atoms with E-state index in [2.05, 4.69) is 0 Å². The molecule has 0 bridgehead atoms. The van der Waals surface area contributed by atoms with Gasteiger partial charge in [0.05, 0.1) is 11.3 Å². The molecule has 6 nitrogen and oxygen atoms in total. The van der Waals surface area contributed by atoms with E-state index in [1.807, 2.05) is 0 Å². The van der Waals surface area contributed by atoms with Gasteiger partial charge in [0.25, 0.3) is 5.69 Å². The molecular weight excluding hydrogens is 236 g/mol. The lowest BCUT2D eigenvalue weighted by atomic mass is 10.0. The van der Waals surface area contributed by atoms with Gasteiger partial charge in [0.15, 0.2) is 0 Å². The van der Waals surface area contributed by atoms with E-state index in [0.29, 0.717) is 5.56 Å². The minimum absolute atomic E-state index is 0.00345. The van der Waals surface area contributed by atoms with E-state index in [4.69, 9.17) is 22.4 Å². The van der Waals surface area contributed by atoms with Crippen LogP contribution in [0, 0.1) is 10.1 Å². The van der Waals surface area contributed by atoms with Crippen LogP contribution in [0.4, 0.5) is 5.69 Å². The van der Waals surface area contributed by atoms with Crippen molar-refractivity contribution in [3.8, 4) is 0 Å². The first kappa shape index (κ1) is 12.4. The molecule has 7 heteroatoms. The average molecular weight is 245 g/mol. The van der Waals surface area contributed by atoms with Crippen LogP contribution in [0.15, 0.2) is 18.2 Å². The Morgan fingerprint density at radius 2 is 2.25 bits per heavy atom. The third-order valence-electron chi connectivity index (χ3n) is 1.99. The fourth-order valence-corrected chi connectivity index (χ4v) is 1.39. The van der Waals surface area contributed by atoms with E-state index in [-0.39, 0.29) is 17.1 Å². The molecule has 3 N–H and O–H groups in total. The Morgan fingerprint density at radius 3 is 2.75 bits per heavy atom. The molecule has 1 aromatic rings. The maximum Gasteiger partial charge on any atom is 0.305 e. The Kier molecular flexibility index (Phi) is 3.81. The number of halogens is 1. The smallest absolute Gasteiger partial charge is 0.305 e. The highest BCUT2D eigenvalue weighted by Crippen LogP contribution is 2.27. The third kappa shape index (κ3) is 2.91. The molecule has 0 aromatic heterocycles. The summed E-state index contributed by atoms with van der Waals surface area (Å²) in [4.78, 5) is 20.4. The predicted molar refractivity (Wildman–Crippen MR) is 57.3 cm³/mol. The van der Waals surface area contributed by atoms with Gasteiger partial charge < -0.3 is 10.8 Å². The first-order chi connectivity index (χ1) is 7.41. The molecule has 1 rings (SSSR count). The molecule has 0 aliphatic carbocycles. The van der Waals surface area contributed by atoms with Crippen molar-refractivity contribution in [1.82, 2.24) is 0 Å². The Morgan fingerprint density at radius 1 is 1.62 bits per heavy atom. The van der Waals surface area contributed by atoms with E-state index in [0.717, 1.165) is 0 Å². The summed E-state index contributed by atoms with van der Waals surface area (Å²) >= 11 is 5.60. The van der Waals surface area contributed by atoms with Crippen molar-refractivity contribution in [3.63, 3.8) is 0 Å². The normalized spacial score (nSPS) is 12.1. The molecular formula is C9H9ClN2O4. The number of nitrogens with zero attached hydrogens (tertiary/aromatic N) is 1. The summed E-state index contributed by atoms with van der Waals surface area (Å²) in [5.41, 5.74) is 5.66. The quantitative estimate of drug-likeness (QED) is 0.619. The first-order valence-electron chi connectivity index (χ1n) is 4.33. The number of nitrogens with two attached hydrogens (primary N) is 1. The summed E-state index contributed by atoms with van der Waals surface area (Å²) in [7, 11) is 0. The Balaban J connectivity index is 3.02. The zero-order valence-electron chi connectivity index (χ0n) is 8.09. The van der Waals surface area contributed by atoms with Crippen LogP contribution in [0.1, 0.15) is 18.0 Å². The minimum atomic E-state index is -1.06. The molecule has 0 heterocycles. The molecule has 0 spiro atoms. The highest BCUT2D eigenvalue weighted by atomic mass is 35.5. The van der Waals surface area contributed by atoms with Crippen molar-refractivity contribution in [3.05, 3.63) is 38.9 Å². The highest BCUT2D eigenvalue weighted by molar-refractivity contribution is 6.32. The van der Waals surface area contributed by atoms with Crippen molar-refractivity contribution >= 4 is 23.3 Å². The van der Waals surface area contributed by atoms with Crippen molar-refractivity contribution in [1.29, 1.82) is 0 Å². The first-order valence-corrected chi connectivity index (χ1v) is 4.71.